The topological polar surface area (TPSA) is 82.3 Å². The van der Waals surface area contributed by atoms with Crippen molar-refractivity contribution in [3.63, 3.8) is 0 Å². The van der Waals surface area contributed by atoms with E-state index in [9.17, 15) is 9.59 Å². The lowest BCUT2D eigenvalue weighted by molar-refractivity contribution is -0.144. The van der Waals surface area contributed by atoms with E-state index < -0.39 is 5.91 Å². The third-order valence-electron chi connectivity index (χ3n) is 5.27. The lowest BCUT2D eigenvalue weighted by Gasteiger charge is -2.25. The molecule has 1 aliphatic rings. The molecule has 3 rings (SSSR count). The number of cyclic esters (lactones) is 1. The number of amides is 1. The molecule has 1 amide bonds. The van der Waals surface area contributed by atoms with Crippen molar-refractivity contribution in [2.45, 2.75) is 45.1 Å². The molecule has 0 radical (unpaired) electrons. The number of nitrogens with two attached hydrogens (primary N) is 1. The largest absolute Gasteiger partial charge is 0.461 e. The SMILES string of the molecule is C=CCc1cccc(C[C@@H](c2cnc(C)cc2C(N)=O)[C@@H]2C[C@@H](C)C(=O)O2)c1. The van der Waals surface area contributed by atoms with Crippen molar-refractivity contribution < 1.29 is 14.3 Å². The van der Waals surface area contributed by atoms with Crippen molar-refractivity contribution in [2.24, 2.45) is 11.7 Å². The highest BCUT2D eigenvalue weighted by Crippen LogP contribution is 2.36. The van der Waals surface area contributed by atoms with Crippen molar-refractivity contribution in [1.29, 1.82) is 0 Å². The number of carbonyl (C=O) groups excluding carboxylic acids is 2. The lowest BCUT2D eigenvalue weighted by Crippen LogP contribution is -2.25. The second-order valence-corrected chi connectivity index (χ2v) is 7.51. The molecule has 1 aromatic heterocycles. The average Bonchev–Trinajstić information content (AvgIpc) is 2.99. The molecule has 5 nitrogen and oxygen atoms in total. The number of primary amides is 1. The van der Waals surface area contributed by atoms with Gasteiger partial charge in [-0.25, -0.2) is 0 Å². The van der Waals surface area contributed by atoms with Crippen LogP contribution in [0.2, 0.25) is 0 Å². The Morgan fingerprint density at radius 2 is 2.14 bits per heavy atom. The fourth-order valence-corrected chi connectivity index (χ4v) is 3.83. The first-order valence-electron chi connectivity index (χ1n) is 9.54. The maximum Gasteiger partial charge on any atom is 0.309 e. The number of aromatic nitrogens is 1. The standard InChI is InChI=1S/C23H26N2O3/c1-4-6-16-7-5-8-17(11-16)12-18(21-9-14(2)23(27)28-21)20-13-25-15(3)10-19(20)22(24)26/h4-5,7-8,10-11,13-14,18,21H,1,6,9,12H2,2-3H3,(H2,24,26)/t14-,18+,21+/m1/s1. The van der Waals surface area contributed by atoms with Gasteiger partial charge in [0.05, 0.1) is 5.92 Å². The molecule has 5 heteroatoms. The molecule has 0 aliphatic carbocycles. The molecule has 2 aromatic rings. The molecule has 2 heterocycles. The van der Waals surface area contributed by atoms with Gasteiger partial charge in [0.1, 0.15) is 6.10 Å². The van der Waals surface area contributed by atoms with Crippen LogP contribution in [0, 0.1) is 12.8 Å². The second-order valence-electron chi connectivity index (χ2n) is 7.51. The predicted molar refractivity (Wildman–Crippen MR) is 108 cm³/mol. The Hall–Kier alpha value is -2.95. The summed E-state index contributed by atoms with van der Waals surface area (Å²) in [5, 5.41) is 0. The molecule has 2 N–H and O–H groups in total. The molecule has 1 aromatic carbocycles. The van der Waals surface area contributed by atoms with E-state index in [1.807, 2.05) is 32.1 Å². The molecule has 1 saturated heterocycles. The number of allylic oxidation sites excluding steroid dienone is 1. The summed E-state index contributed by atoms with van der Waals surface area (Å²) < 4.78 is 5.67. The number of nitrogens with zero attached hydrogens (tertiary/aromatic N) is 1. The van der Waals surface area contributed by atoms with Gasteiger partial charge in [0.2, 0.25) is 5.91 Å². The number of benzene rings is 1. The van der Waals surface area contributed by atoms with Crippen molar-refractivity contribution in [2.75, 3.05) is 0 Å². The van der Waals surface area contributed by atoms with E-state index in [2.05, 4.69) is 23.7 Å². The van der Waals surface area contributed by atoms with Crippen molar-refractivity contribution in [3.8, 4) is 0 Å². The van der Waals surface area contributed by atoms with Gasteiger partial charge in [0.25, 0.3) is 0 Å². The Morgan fingerprint density at radius 3 is 2.79 bits per heavy atom. The van der Waals surface area contributed by atoms with E-state index in [1.54, 1.807) is 12.3 Å². The van der Waals surface area contributed by atoms with Crippen LogP contribution in [0.5, 0.6) is 0 Å². The average molecular weight is 378 g/mol. The molecular weight excluding hydrogens is 352 g/mol. The smallest absolute Gasteiger partial charge is 0.309 e. The second kappa shape index (κ2) is 8.38. The molecule has 0 unspecified atom stereocenters. The predicted octanol–water partition coefficient (Wildman–Crippen LogP) is 3.50. The van der Waals surface area contributed by atoms with Crippen LogP contribution < -0.4 is 5.73 Å². The Balaban J connectivity index is 2.01. The summed E-state index contributed by atoms with van der Waals surface area (Å²) in [7, 11) is 0. The quantitative estimate of drug-likeness (QED) is 0.590. The summed E-state index contributed by atoms with van der Waals surface area (Å²) in [4.78, 5) is 28.5. The molecule has 0 spiro atoms. The summed E-state index contributed by atoms with van der Waals surface area (Å²) in [6.45, 7) is 7.48. The maximum absolute atomic E-state index is 12.1. The molecular formula is C23H26N2O3. The minimum Gasteiger partial charge on any atom is -0.461 e. The number of aryl methyl sites for hydroxylation is 1. The van der Waals surface area contributed by atoms with Crippen molar-refractivity contribution in [1.82, 2.24) is 4.98 Å². The van der Waals surface area contributed by atoms with Crippen LogP contribution in [0.15, 0.2) is 49.2 Å². The molecule has 1 fully saturated rings. The fourth-order valence-electron chi connectivity index (χ4n) is 3.83. The van der Waals surface area contributed by atoms with E-state index in [0.717, 1.165) is 23.2 Å². The number of hydrogen-bond donors (Lipinski definition) is 1. The fraction of sp³-hybridized carbons (Fsp3) is 0.348. The van der Waals surface area contributed by atoms with Crippen LogP contribution in [-0.2, 0) is 22.4 Å². The van der Waals surface area contributed by atoms with Crippen LogP contribution in [0.25, 0.3) is 0 Å². The number of rotatable bonds is 7. The van der Waals surface area contributed by atoms with Gasteiger partial charge in [0.15, 0.2) is 0 Å². The van der Waals surface area contributed by atoms with Crippen LogP contribution >= 0.6 is 0 Å². The normalized spacial score (nSPS) is 19.9. The monoisotopic (exact) mass is 378 g/mol. The van der Waals surface area contributed by atoms with Crippen LogP contribution in [0.1, 0.15) is 52.0 Å². The van der Waals surface area contributed by atoms with Gasteiger partial charge in [-0.05, 0) is 48.9 Å². The highest BCUT2D eigenvalue weighted by Gasteiger charge is 2.38. The maximum atomic E-state index is 12.1. The van der Waals surface area contributed by atoms with E-state index in [4.69, 9.17) is 10.5 Å². The van der Waals surface area contributed by atoms with Crippen LogP contribution in [0.4, 0.5) is 0 Å². The van der Waals surface area contributed by atoms with E-state index in [1.165, 1.54) is 5.56 Å². The molecule has 0 saturated carbocycles. The third-order valence-corrected chi connectivity index (χ3v) is 5.27. The third kappa shape index (κ3) is 4.30. The lowest BCUT2D eigenvalue weighted by atomic mass is 9.83. The zero-order chi connectivity index (χ0) is 20.3. The molecule has 0 bridgehead atoms. The number of hydrogen-bond acceptors (Lipinski definition) is 4. The number of esters is 1. The Morgan fingerprint density at radius 1 is 1.39 bits per heavy atom. The Kier molecular flexibility index (Phi) is 5.93. The Bertz CT molecular complexity index is 906. The van der Waals surface area contributed by atoms with Crippen LogP contribution in [-0.4, -0.2) is 23.0 Å². The highest BCUT2D eigenvalue weighted by atomic mass is 16.6. The minimum atomic E-state index is -0.497. The van der Waals surface area contributed by atoms with Crippen LogP contribution in [0.3, 0.4) is 0 Å². The summed E-state index contributed by atoms with van der Waals surface area (Å²) in [6, 6.07) is 9.95. The first-order valence-corrected chi connectivity index (χ1v) is 9.54. The van der Waals surface area contributed by atoms with E-state index >= 15 is 0 Å². The van der Waals surface area contributed by atoms with Gasteiger partial charge in [-0.15, -0.1) is 6.58 Å². The number of ether oxygens (including phenoxy) is 1. The molecule has 146 valence electrons. The summed E-state index contributed by atoms with van der Waals surface area (Å²) in [5.41, 5.74) is 9.82. The van der Waals surface area contributed by atoms with E-state index in [-0.39, 0.29) is 23.9 Å². The van der Waals surface area contributed by atoms with Gasteiger partial charge < -0.3 is 10.5 Å². The molecule has 3 atom stereocenters. The van der Waals surface area contributed by atoms with Gasteiger partial charge >= 0.3 is 5.97 Å². The van der Waals surface area contributed by atoms with Gasteiger partial charge in [0, 0.05) is 23.4 Å². The van der Waals surface area contributed by atoms with Gasteiger partial charge in [-0.3, -0.25) is 14.6 Å². The van der Waals surface area contributed by atoms with E-state index in [0.29, 0.717) is 18.4 Å². The summed E-state index contributed by atoms with van der Waals surface area (Å²) >= 11 is 0. The van der Waals surface area contributed by atoms with Gasteiger partial charge in [-0.1, -0.05) is 37.3 Å². The Labute approximate surface area is 165 Å². The van der Waals surface area contributed by atoms with Gasteiger partial charge in [-0.2, -0.15) is 0 Å². The first kappa shape index (κ1) is 19.8. The van der Waals surface area contributed by atoms with Crippen molar-refractivity contribution in [3.05, 3.63) is 77.1 Å². The number of pyridine rings is 1. The molecule has 28 heavy (non-hydrogen) atoms. The highest BCUT2D eigenvalue weighted by molar-refractivity contribution is 5.94. The first-order chi connectivity index (χ1) is 13.4. The number of carbonyl (C=O) groups is 2. The zero-order valence-corrected chi connectivity index (χ0v) is 16.4. The zero-order valence-electron chi connectivity index (χ0n) is 16.4. The summed E-state index contributed by atoms with van der Waals surface area (Å²) in [6.07, 6.45) is 5.28. The summed E-state index contributed by atoms with van der Waals surface area (Å²) in [5.74, 6) is -1.04. The minimum absolute atomic E-state index is 0.157. The van der Waals surface area contributed by atoms with Crippen molar-refractivity contribution >= 4 is 11.9 Å². The molecule has 1 aliphatic heterocycles.